The highest BCUT2D eigenvalue weighted by Gasteiger charge is 2.23. The lowest BCUT2D eigenvalue weighted by Crippen LogP contribution is -2.37. The van der Waals surface area contributed by atoms with Gasteiger partial charge in [-0.3, -0.25) is 4.98 Å². The molecule has 184 valence electrons. The number of fused-ring (bicyclic) bond motifs is 2. The van der Waals surface area contributed by atoms with Crippen molar-refractivity contribution >= 4 is 40.5 Å². The van der Waals surface area contributed by atoms with E-state index in [-0.39, 0.29) is 6.04 Å². The molecule has 0 radical (unpaired) electrons. The molecule has 0 fully saturated rings. The molecule has 3 N–H and O–H groups in total. The maximum Gasteiger partial charge on any atom is 0.231 e. The summed E-state index contributed by atoms with van der Waals surface area (Å²) in [5.41, 5.74) is 7.16. The van der Waals surface area contributed by atoms with Crippen LogP contribution in [0.25, 0.3) is 22.2 Å². The van der Waals surface area contributed by atoms with E-state index >= 15 is 0 Å². The Morgan fingerprint density at radius 2 is 1.92 bits per heavy atom. The van der Waals surface area contributed by atoms with Gasteiger partial charge >= 0.3 is 0 Å². The number of anilines is 4. The molecule has 0 aliphatic carbocycles. The zero-order chi connectivity index (χ0) is 25.2. The number of nitrogens with zero attached hydrogens (tertiary/aromatic N) is 4. The van der Waals surface area contributed by atoms with Crippen LogP contribution in [0.4, 0.5) is 23.1 Å². The Bertz CT molecular complexity index is 1550. The number of carbonyl (C=O) groups is 1. The fourth-order valence-electron chi connectivity index (χ4n) is 4.93. The van der Waals surface area contributed by atoms with Gasteiger partial charge < -0.3 is 25.3 Å². The second-order valence-corrected chi connectivity index (χ2v) is 9.22. The van der Waals surface area contributed by atoms with E-state index in [0.29, 0.717) is 12.5 Å². The third kappa shape index (κ3) is 4.49. The van der Waals surface area contributed by atoms with Crippen molar-refractivity contribution < 1.29 is 4.79 Å². The first kappa shape index (κ1) is 22.7. The van der Waals surface area contributed by atoms with Crippen LogP contribution in [0.5, 0.6) is 0 Å². The molecular weight excluding hydrogens is 462 g/mol. The number of hydrogen-bond acceptors (Lipinski definition) is 7. The molecule has 1 atom stereocenters. The second kappa shape index (κ2) is 9.73. The van der Waals surface area contributed by atoms with Crippen LogP contribution in [0.2, 0.25) is 0 Å². The first-order valence-corrected chi connectivity index (χ1v) is 12.3. The van der Waals surface area contributed by atoms with Crippen molar-refractivity contribution in [2.75, 3.05) is 22.6 Å². The summed E-state index contributed by atoms with van der Waals surface area (Å²) in [4.78, 5) is 30.6. The number of benzene rings is 2. The van der Waals surface area contributed by atoms with Crippen molar-refractivity contribution in [3.05, 3.63) is 90.4 Å². The number of aldehydes is 1. The van der Waals surface area contributed by atoms with Crippen molar-refractivity contribution in [2.24, 2.45) is 0 Å². The Labute approximate surface area is 214 Å². The summed E-state index contributed by atoms with van der Waals surface area (Å²) in [7, 11) is 1.97. The fourth-order valence-corrected chi connectivity index (χ4v) is 4.93. The van der Waals surface area contributed by atoms with Crippen molar-refractivity contribution in [1.29, 1.82) is 0 Å². The standard InChI is InChI=1S/C29H27N7O/c1-36-23(18-37)9-7-21-15-22(8-10-25(21)36)33-29-34-27(31-16-19-5-3-2-4-6-19)26-24(17-32-28(26)35-29)20-11-13-30-14-12-20/h2-6,8,10-15,17-18,23H,7,9,16H2,1H3,(H3,31,32,33,34,35). The monoisotopic (exact) mass is 489 g/mol. The highest BCUT2D eigenvalue weighted by atomic mass is 16.1. The van der Waals surface area contributed by atoms with Gasteiger partial charge in [-0.05, 0) is 59.9 Å². The second-order valence-electron chi connectivity index (χ2n) is 9.22. The van der Waals surface area contributed by atoms with Gasteiger partial charge in [0.05, 0.1) is 11.4 Å². The molecule has 4 heterocycles. The minimum atomic E-state index is -0.0715. The van der Waals surface area contributed by atoms with E-state index in [9.17, 15) is 4.79 Å². The molecule has 5 aromatic rings. The summed E-state index contributed by atoms with van der Waals surface area (Å²) < 4.78 is 0. The van der Waals surface area contributed by atoms with Crippen molar-refractivity contribution in [1.82, 2.24) is 19.9 Å². The minimum absolute atomic E-state index is 0.0715. The number of H-pyrrole nitrogens is 1. The number of aryl methyl sites for hydroxylation is 1. The van der Waals surface area contributed by atoms with Gasteiger partial charge in [-0.15, -0.1) is 0 Å². The molecule has 8 heteroatoms. The van der Waals surface area contributed by atoms with Crippen molar-refractivity contribution in [3.8, 4) is 11.1 Å². The maximum absolute atomic E-state index is 11.4. The number of aromatic amines is 1. The molecule has 3 aromatic heterocycles. The predicted octanol–water partition coefficient (Wildman–Crippen LogP) is 5.33. The lowest BCUT2D eigenvalue weighted by atomic mass is 9.96. The van der Waals surface area contributed by atoms with Crippen LogP contribution in [0, 0.1) is 0 Å². The first-order valence-electron chi connectivity index (χ1n) is 12.3. The van der Waals surface area contributed by atoms with Gasteiger partial charge in [-0.1, -0.05) is 30.3 Å². The van der Waals surface area contributed by atoms with E-state index in [1.54, 1.807) is 12.4 Å². The Morgan fingerprint density at radius 3 is 2.73 bits per heavy atom. The van der Waals surface area contributed by atoms with Crippen LogP contribution >= 0.6 is 0 Å². The zero-order valence-corrected chi connectivity index (χ0v) is 20.5. The molecular formula is C29H27N7O. The first-order chi connectivity index (χ1) is 18.2. The molecule has 1 unspecified atom stereocenters. The van der Waals surface area contributed by atoms with Gasteiger partial charge in [0.1, 0.15) is 17.8 Å². The quantitative estimate of drug-likeness (QED) is 0.266. The zero-order valence-electron chi connectivity index (χ0n) is 20.5. The summed E-state index contributed by atoms with van der Waals surface area (Å²) in [6.45, 7) is 0.635. The van der Waals surface area contributed by atoms with Gasteiger partial charge in [0.2, 0.25) is 5.95 Å². The van der Waals surface area contributed by atoms with Crippen LogP contribution in [0.15, 0.2) is 79.3 Å². The van der Waals surface area contributed by atoms with E-state index in [2.05, 4.69) is 44.9 Å². The summed E-state index contributed by atoms with van der Waals surface area (Å²) >= 11 is 0. The summed E-state index contributed by atoms with van der Waals surface area (Å²) in [5.74, 6) is 1.25. The van der Waals surface area contributed by atoms with Gasteiger partial charge in [0.25, 0.3) is 0 Å². The Morgan fingerprint density at radius 1 is 1.08 bits per heavy atom. The van der Waals surface area contributed by atoms with Gasteiger partial charge in [0.15, 0.2) is 0 Å². The molecule has 0 bridgehead atoms. The van der Waals surface area contributed by atoms with Crippen molar-refractivity contribution in [2.45, 2.75) is 25.4 Å². The lowest BCUT2D eigenvalue weighted by molar-refractivity contribution is -0.109. The minimum Gasteiger partial charge on any atom is -0.365 e. The van der Waals surface area contributed by atoms with Crippen molar-refractivity contribution in [3.63, 3.8) is 0 Å². The SMILES string of the molecule is CN1c2ccc(Nc3nc(NCc4ccccc4)c4c(-c5ccncc5)c[nH]c4n3)cc2CCC1C=O. The van der Waals surface area contributed by atoms with Gasteiger partial charge in [-0.2, -0.15) is 9.97 Å². The maximum atomic E-state index is 11.4. The third-order valence-corrected chi connectivity index (χ3v) is 6.91. The number of likely N-dealkylation sites (N-methyl/N-ethyl adjacent to an activating group) is 1. The number of nitrogens with one attached hydrogen (secondary N) is 3. The lowest BCUT2D eigenvalue weighted by Gasteiger charge is -2.33. The molecule has 37 heavy (non-hydrogen) atoms. The Hall–Kier alpha value is -4.72. The molecule has 2 aromatic carbocycles. The van der Waals surface area contributed by atoms with E-state index in [4.69, 9.17) is 9.97 Å². The molecule has 1 aliphatic rings. The predicted molar refractivity (Wildman–Crippen MR) is 147 cm³/mol. The van der Waals surface area contributed by atoms with Gasteiger partial charge in [-0.25, -0.2) is 0 Å². The largest absolute Gasteiger partial charge is 0.365 e. The van der Waals surface area contributed by atoms with E-state index < -0.39 is 0 Å². The number of rotatable bonds is 7. The normalized spacial score (nSPS) is 14.8. The summed E-state index contributed by atoms with van der Waals surface area (Å²) in [6.07, 6.45) is 8.23. The number of carbonyl (C=O) groups excluding carboxylic acids is 1. The van der Waals surface area contributed by atoms with Crippen LogP contribution < -0.4 is 15.5 Å². The molecule has 1 aliphatic heterocycles. The van der Waals surface area contributed by atoms with Crippen LogP contribution in [0.3, 0.4) is 0 Å². The molecule has 0 amide bonds. The van der Waals surface area contributed by atoms with E-state index in [0.717, 1.165) is 64.0 Å². The third-order valence-electron chi connectivity index (χ3n) is 6.91. The van der Waals surface area contributed by atoms with Crippen LogP contribution in [-0.2, 0) is 17.8 Å². The average molecular weight is 490 g/mol. The molecule has 8 nitrogen and oxygen atoms in total. The topological polar surface area (TPSA) is 98.8 Å². The Kier molecular flexibility index (Phi) is 5.98. The number of aromatic nitrogens is 4. The molecule has 0 saturated heterocycles. The molecule has 6 rings (SSSR count). The fraction of sp³-hybridized carbons (Fsp3) is 0.172. The summed E-state index contributed by atoms with van der Waals surface area (Å²) in [6, 6.07) is 20.3. The molecule has 0 saturated carbocycles. The smallest absolute Gasteiger partial charge is 0.231 e. The highest BCUT2D eigenvalue weighted by Crippen LogP contribution is 2.35. The summed E-state index contributed by atoms with van der Waals surface area (Å²) in [5, 5.41) is 7.85. The van der Waals surface area contributed by atoms with Crippen LogP contribution in [0.1, 0.15) is 17.5 Å². The van der Waals surface area contributed by atoms with E-state index in [1.165, 1.54) is 5.56 Å². The van der Waals surface area contributed by atoms with Crippen LogP contribution in [-0.4, -0.2) is 39.3 Å². The van der Waals surface area contributed by atoms with Gasteiger partial charge in [0, 0.05) is 49.1 Å². The number of hydrogen-bond donors (Lipinski definition) is 3. The Balaban J connectivity index is 1.36. The average Bonchev–Trinajstić information content (AvgIpc) is 3.37. The number of pyridine rings is 1. The van der Waals surface area contributed by atoms with E-state index in [1.807, 2.05) is 54.5 Å². The highest BCUT2D eigenvalue weighted by molar-refractivity contribution is 6.01. The molecule has 0 spiro atoms.